The van der Waals surface area contributed by atoms with E-state index in [0.29, 0.717) is 22.1 Å². The SMILES string of the molecule is Cc1cc(O)c2c(c1O)C(c1ccc3cc4c(c(O)c3c1O)C(=O)CC(C)(O)C4)c1cccc(O)c1C2=O. The van der Waals surface area contributed by atoms with E-state index in [4.69, 9.17) is 0 Å². The van der Waals surface area contributed by atoms with Gasteiger partial charge >= 0.3 is 0 Å². The summed E-state index contributed by atoms with van der Waals surface area (Å²) in [5, 5.41) is 66.1. The lowest BCUT2D eigenvalue weighted by Gasteiger charge is -2.31. The number of Topliss-reactive ketones (excluding diaryl/α,β-unsaturated/α-hetero) is 1. The van der Waals surface area contributed by atoms with Gasteiger partial charge in [0.05, 0.1) is 27.7 Å². The van der Waals surface area contributed by atoms with E-state index in [9.17, 15) is 40.2 Å². The average Bonchev–Trinajstić information content (AvgIpc) is 2.82. The zero-order chi connectivity index (χ0) is 27.3. The Labute approximate surface area is 216 Å². The Morgan fingerprint density at radius 1 is 0.789 bits per heavy atom. The lowest BCUT2D eigenvalue weighted by Crippen LogP contribution is -2.35. The summed E-state index contributed by atoms with van der Waals surface area (Å²) < 4.78 is 0. The van der Waals surface area contributed by atoms with Crippen LogP contribution in [0, 0.1) is 6.92 Å². The van der Waals surface area contributed by atoms with Gasteiger partial charge in [-0.05, 0) is 54.1 Å². The van der Waals surface area contributed by atoms with Gasteiger partial charge in [-0.2, -0.15) is 0 Å². The van der Waals surface area contributed by atoms with Gasteiger partial charge in [-0.3, -0.25) is 9.59 Å². The van der Waals surface area contributed by atoms with Gasteiger partial charge in [-0.15, -0.1) is 0 Å². The summed E-state index contributed by atoms with van der Waals surface area (Å²) in [6, 6.07) is 10.6. The molecular weight excluding hydrogens is 488 g/mol. The van der Waals surface area contributed by atoms with E-state index in [1.807, 2.05) is 0 Å². The number of phenolic OH excluding ortho intramolecular Hbond substituents is 5. The van der Waals surface area contributed by atoms with Gasteiger partial charge in [0, 0.05) is 29.9 Å². The zero-order valence-corrected chi connectivity index (χ0v) is 20.5. The monoisotopic (exact) mass is 512 g/mol. The van der Waals surface area contributed by atoms with Crippen molar-refractivity contribution in [1.82, 2.24) is 0 Å². The van der Waals surface area contributed by atoms with Crippen LogP contribution in [-0.2, 0) is 6.42 Å². The Hall–Kier alpha value is -4.56. The third kappa shape index (κ3) is 3.13. The maximum absolute atomic E-state index is 13.4. The van der Waals surface area contributed by atoms with Crippen molar-refractivity contribution in [2.75, 3.05) is 0 Å². The first kappa shape index (κ1) is 23.8. The molecule has 4 aromatic carbocycles. The Morgan fingerprint density at radius 2 is 1.53 bits per heavy atom. The summed E-state index contributed by atoms with van der Waals surface area (Å²) >= 11 is 0. The van der Waals surface area contributed by atoms with Gasteiger partial charge in [-0.1, -0.05) is 24.3 Å². The normalized spacial score (nSPS) is 20.2. The zero-order valence-electron chi connectivity index (χ0n) is 20.5. The Kier molecular flexibility index (Phi) is 4.84. The predicted octanol–water partition coefficient (Wildman–Crippen LogP) is 4.28. The number of phenols is 5. The predicted molar refractivity (Wildman–Crippen MR) is 138 cm³/mol. The number of hydrogen-bond donors (Lipinski definition) is 6. The summed E-state index contributed by atoms with van der Waals surface area (Å²) in [5.41, 5.74) is -0.189. The Bertz CT molecular complexity index is 1750. The molecular formula is C30H24O8. The molecule has 0 bridgehead atoms. The number of rotatable bonds is 1. The summed E-state index contributed by atoms with van der Waals surface area (Å²) in [6.45, 7) is 3.11. The highest BCUT2D eigenvalue weighted by Gasteiger charge is 2.41. The maximum atomic E-state index is 13.4. The van der Waals surface area contributed by atoms with Gasteiger partial charge < -0.3 is 30.6 Å². The van der Waals surface area contributed by atoms with Crippen molar-refractivity contribution in [2.45, 2.75) is 38.2 Å². The number of aromatic hydroxyl groups is 5. The third-order valence-corrected chi connectivity index (χ3v) is 7.70. The molecule has 2 unspecified atom stereocenters. The molecule has 0 radical (unpaired) electrons. The summed E-state index contributed by atoms with van der Waals surface area (Å²) in [7, 11) is 0. The quantitative estimate of drug-likeness (QED) is 0.182. The maximum Gasteiger partial charge on any atom is 0.201 e. The molecule has 2 aliphatic carbocycles. The summed E-state index contributed by atoms with van der Waals surface area (Å²) in [4.78, 5) is 26.3. The molecule has 0 aliphatic heterocycles. The highest BCUT2D eigenvalue weighted by molar-refractivity contribution is 6.17. The van der Waals surface area contributed by atoms with Crippen LogP contribution in [0.3, 0.4) is 0 Å². The van der Waals surface area contributed by atoms with Crippen molar-refractivity contribution in [3.05, 3.63) is 87.0 Å². The van der Waals surface area contributed by atoms with Crippen molar-refractivity contribution in [1.29, 1.82) is 0 Å². The van der Waals surface area contributed by atoms with E-state index in [1.54, 1.807) is 38.1 Å². The molecule has 0 fully saturated rings. The van der Waals surface area contributed by atoms with Crippen LogP contribution in [0.25, 0.3) is 10.8 Å². The number of ketones is 2. The molecule has 0 saturated carbocycles. The van der Waals surface area contributed by atoms with Gasteiger partial charge in [0.1, 0.15) is 28.7 Å². The second-order valence-electron chi connectivity index (χ2n) is 10.5. The van der Waals surface area contributed by atoms with E-state index in [-0.39, 0.29) is 69.0 Å². The van der Waals surface area contributed by atoms with Gasteiger partial charge in [0.2, 0.25) is 5.78 Å². The fraction of sp³-hybridized carbons (Fsp3) is 0.200. The fourth-order valence-electron chi connectivity index (χ4n) is 6.10. The van der Waals surface area contributed by atoms with Gasteiger partial charge in [0.25, 0.3) is 0 Å². The average molecular weight is 513 g/mol. The van der Waals surface area contributed by atoms with Crippen molar-refractivity contribution >= 4 is 22.3 Å². The Morgan fingerprint density at radius 3 is 2.26 bits per heavy atom. The molecule has 6 N–H and O–H groups in total. The lowest BCUT2D eigenvalue weighted by atomic mass is 9.72. The molecule has 2 aliphatic rings. The number of aliphatic hydroxyl groups is 1. The standard InChI is InChI=1S/C30H24O8/c1-12-8-18(32)24-25(26(12)34)22(15-4-3-5-17(31)23(15)29(24)37)16-7-6-13-9-14-10-30(2,38)11-19(33)20(14)28(36)21(13)27(16)35/h3-9,22,31-32,34-36,38H,10-11H2,1-2H3. The molecule has 8 heteroatoms. The number of fused-ring (bicyclic) bond motifs is 4. The van der Waals surface area contributed by atoms with E-state index in [1.165, 1.54) is 18.2 Å². The number of aryl methyl sites for hydroxylation is 1. The fourth-order valence-corrected chi connectivity index (χ4v) is 6.10. The molecule has 4 aromatic rings. The molecule has 0 amide bonds. The first-order chi connectivity index (χ1) is 17.9. The van der Waals surface area contributed by atoms with Crippen LogP contribution in [0.5, 0.6) is 28.7 Å². The van der Waals surface area contributed by atoms with Crippen LogP contribution >= 0.6 is 0 Å². The van der Waals surface area contributed by atoms with Crippen LogP contribution in [-0.4, -0.2) is 47.8 Å². The molecule has 0 heterocycles. The summed E-state index contributed by atoms with van der Waals surface area (Å²) in [5.74, 6) is -3.89. The topological polar surface area (TPSA) is 156 Å². The first-order valence-electron chi connectivity index (χ1n) is 12.1. The van der Waals surface area contributed by atoms with Crippen molar-refractivity contribution in [3.8, 4) is 28.7 Å². The molecule has 2 atom stereocenters. The van der Waals surface area contributed by atoms with E-state index < -0.39 is 28.8 Å². The minimum Gasteiger partial charge on any atom is -0.507 e. The molecule has 38 heavy (non-hydrogen) atoms. The minimum absolute atomic E-state index is 0.00709. The van der Waals surface area contributed by atoms with Crippen LogP contribution < -0.4 is 0 Å². The second kappa shape index (κ2) is 7.72. The lowest BCUT2D eigenvalue weighted by molar-refractivity contribution is 0.0409. The van der Waals surface area contributed by atoms with Gasteiger partial charge in [0.15, 0.2) is 5.78 Å². The number of carbonyl (C=O) groups is 2. The number of carbonyl (C=O) groups excluding carboxylic acids is 2. The van der Waals surface area contributed by atoms with Crippen LogP contribution in [0.1, 0.15) is 73.4 Å². The second-order valence-corrected chi connectivity index (χ2v) is 10.5. The van der Waals surface area contributed by atoms with Gasteiger partial charge in [-0.25, -0.2) is 0 Å². The largest absolute Gasteiger partial charge is 0.507 e. The summed E-state index contributed by atoms with van der Waals surface area (Å²) in [6.07, 6.45) is -0.0337. The highest BCUT2D eigenvalue weighted by Crippen LogP contribution is 2.53. The third-order valence-electron chi connectivity index (χ3n) is 7.70. The molecule has 0 spiro atoms. The van der Waals surface area contributed by atoms with Crippen LogP contribution in [0.15, 0.2) is 42.5 Å². The van der Waals surface area contributed by atoms with E-state index in [0.717, 1.165) is 0 Å². The van der Waals surface area contributed by atoms with Crippen LogP contribution in [0.2, 0.25) is 0 Å². The van der Waals surface area contributed by atoms with Crippen molar-refractivity contribution in [3.63, 3.8) is 0 Å². The van der Waals surface area contributed by atoms with E-state index >= 15 is 0 Å². The molecule has 192 valence electrons. The highest BCUT2D eigenvalue weighted by atomic mass is 16.3. The number of benzene rings is 4. The minimum atomic E-state index is -1.26. The Balaban J connectivity index is 1.69. The smallest absolute Gasteiger partial charge is 0.201 e. The molecule has 6 rings (SSSR count). The first-order valence-corrected chi connectivity index (χ1v) is 12.1. The molecule has 0 saturated heterocycles. The number of hydrogen-bond acceptors (Lipinski definition) is 8. The van der Waals surface area contributed by atoms with Crippen LogP contribution in [0.4, 0.5) is 0 Å². The van der Waals surface area contributed by atoms with Crippen molar-refractivity contribution < 1.29 is 40.2 Å². The molecule has 0 aromatic heterocycles. The van der Waals surface area contributed by atoms with E-state index in [2.05, 4.69) is 0 Å². The molecule has 8 nitrogen and oxygen atoms in total. The van der Waals surface area contributed by atoms with Crippen molar-refractivity contribution in [2.24, 2.45) is 0 Å².